The van der Waals surface area contributed by atoms with E-state index >= 15 is 0 Å². The van der Waals surface area contributed by atoms with E-state index in [2.05, 4.69) is 0 Å². The molecule has 1 unspecified atom stereocenters. The van der Waals surface area contributed by atoms with Gasteiger partial charge in [-0.3, -0.25) is 0 Å². The molecule has 1 atom stereocenters. The van der Waals surface area contributed by atoms with Crippen molar-refractivity contribution in [3.8, 4) is 0 Å². The van der Waals surface area contributed by atoms with Crippen molar-refractivity contribution in [2.24, 2.45) is 5.73 Å². The molecule has 0 aliphatic carbocycles. The van der Waals surface area contributed by atoms with Crippen LogP contribution >= 0.6 is 0 Å². The highest BCUT2D eigenvalue weighted by atomic mass is 19.4. The lowest BCUT2D eigenvalue weighted by atomic mass is 9.92. The summed E-state index contributed by atoms with van der Waals surface area (Å²) in [6, 6.07) is 4.25. The van der Waals surface area contributed by atoms with Crippen molar-refractivity contribution in [3.05, 3.63) is 35.4 Å². The largest absolute Gasteiger partial charge is 0.416 e. The fourth-order valence-corrected chi connectivity index (χ4v) is 1.44. The molecule has 1 rings (SSSR count). The van der Waals surface area contributed by atoms with E-state index in [1.807, 2.05) is 0 Å². The summed E-state index contributed by atoms with van der Waals surface area (Å²) in [5.74, 6) is 0. The van der Waals surface area contributed by atoms with Crippen LogP contribution < -0.4 is 5.73 Å². The molecule has 2 N–H and O–H groups in total. The number of halogens is 4. The quantitative estimate of drug-likeness (QED) is 0.800. The van der Waals surface area contributed by atoms with Crippen LogP contribution in [0.2, 0.25) is 0 Å². The van der Waals surface area contributed by atoms with E-state index in [1.165, 1.54) is 12.1 Å². The van der Waals surface area contributed by atoms with Crippen LogP contribution in [0.3, 0.4) is 0 Å². The highest BCUT2D eigenvalue weighted by molar-refractivity contribution is 5.30. The first-order valence-corrected chi connectivity index (χ1v) is 4.90. The molecule has 5 heteroatoms. The Bertz CT molecular complexity index is 355. The molecule has 0 bridgehead atoms. The highest BCUT2D eigenvalue weighted by Crippen LogP contribution is 2.34. The van der Waals surface area contributed by atoms with Gasteiger partial charge in [-0.2, -0.15) is 13.2 Å². The van der Waals surface area contributed by atoms with Crippen molar-refractivity contribution in [3.63, 3.8) is 0 Å². The molecule has 0 spiro atoms. The zero-order valence-corrected chi connectivity index (χ0v) is 8.81. The Labute approximate surface area is 91.3 Å². The minimum absolute atomic E-state index is 0.0210. The third kappa shape index (κ3) is 2.52. The average molecular weight is 235 g/mol. The maximum absolute atomic E-state index is 14.1. The third-order valence-electron chi connectivity index (χ3n) is 2.59. The summed E-state index contributed by atoms with van der Waals surface area (Å²) in [7, 11) is 0. The van der Waals surface area contributed by atoms with Gasteiger partial charge in [0.25, 0.3) is 0 Å². The van der Waals surface area contributed by atoms with Gasteiger partial charge in [-0.1, -0.05) is 19.1 Å². The number of nitrogens with two attached hydrogens (primary N) is 1. The summed E-state index contributed by atoms with van der Waals surface area (Å²) in [6.45, 7) is 1.22. The van der Waals surface area contributed by atoms with E-state index in [1.54, 1.807) is 6.92 Å². The molecule has 0 fully saturated rings. The minimum Gasteiger partial charge on any atom is -0.327 e. The first-order valence-electron chi connectivity index (χ1n) is 4.90. The van der Waals surface area contributed by atoms with Gasteiger partial charge in [0.1, 0.15) is 5.67 Å². The Balaban J connectivity index is 3.17. The second-order valence-electron chi connectivity index (χ2n) is 3.60. The van der Waals surface area contributed by atoms with Crippen LogP contribution in [-0.4, -0.2) is 6.54 Å². The van der Waals surface area contributed by atoms with Crippen LogP contribution in [0.15, 0.2) is 24.3 Å². The average Bonchev–Trinajstić information content (AvgIpc) is 2.27. The predicted molar refractivity (Wildman–Crippen MR) is 53.6 cm³/mol. The first kappa shape index (κ1) is 13.0. The van der Waals surface area contributed by atoms with Crippen LogP contribution in [0.5, 0.6) is 0 Å². The zero-order chi connectivity index (χ0) is 12.4. The fraction of sp³-hybridized carbons (Fsp3) is 0.455. The molecule has 16 heavy (non-hydrogen) atoms. The molecule has 0 amide bonds. The number of benzene rings is 1. The molecule has 0 aliphatic rings. The van der Waals surface area contributed by atoms with Gasteiger partial charge in [0.05, 0.1) is 5.56 Å². The predicted octanol–water partition coefficient (Wildman–Crippen LogP) is 3.24. The van der Waals surface area contributed by atoms with Crippen molar-refractivity contribution in [1.29, 1.82) is 0 Å². The molecule has 0 saturated heterocycles. The molecular formula is C11H13F4N. The SMILES string of the molecule is CCC(F)(CN)c1cccc(C(F)(F)F)c1. The monoisotopic (exact) mass is 235 g/mol. The van der Waals surface area contributed by atoms with Crippen LogP contribution in [-0.2, 0) is 11.8 Å². The van der Waals surface area contributed by atoms with Crippen LogP contribution in [0, 0.1) is 0 Å². The van der Waals surface area contributed by atoms with E-state index in [0.717, 1.165) is 12.1 Å². The van der Waals surface area contributed by atoms with Gasteiger partial charge in [0.15, 0.2) is 0 Å². The van der Waals surface area contributed by atoms with E-state index < -0.39 is 17.4 Å². The lowest BCUT2D eigenvalue weighted by Gasteiger charge is -2.23. The summed E-state index contributed by atoms with van der Waals surface area (Å²) in [5, 5.41) is 0. The van der Waals surface area contributed by atoms with E-state index in [9.17, 15) is 17.6 Å². The highest BCUT2D eigenvalue weighted by Gasteiger charge is 2.34. The molecule has 90 valence electrons. The van der Waals surface area contributed by atoms with Gasteiger partial charge in [0, 0.05) is 6.54 Å². The third-order valence-corrected chi connectivity index (χ3v) is 2.59. The number of hydrogen-bond donors (Lipinski definition) is 1. The van der Waals surface area contributed by atoms with E-state index in [4.69, 9.17) is 5.73 Å². The maximum Gasteiger partial charge on any atom is 0.416 e. The Morgan fingerprint density at radius 3 is 2.12 bits per heavy atom. The minimum atomic E-state index is -4.46. The summed E-state index contributed by atoms with van der Waals surface area (Å²) in [5.41, 5.74) is 2.49. The van der Waals surface area contributed by atoms with Crippen LogP contribution in [0.25, 0.3) is 0 Å². The second-order valence-corrected chi connectivity index (χ2v) is 3.60. The molecule has 1 aromatic carbocycles. The Hall–Kier alpha value is -1.10. The molecular weight excluding hydrogens is 222 g/mol. The molecule has 0 aromatic heterocycles. The molecule has 0 saturated carbocycles. The molecule has 0 aliphatic heterocycles. The number of alkyl halides is 4. The standard InChI is InChI=1S/C11H13F4N/c1-2-10(12,7-16)8-4-3-5-9(6-8)11(13,14)15/h3-6H,2,7,16H2,1H3. The zero-order valence-electron chi connectivity index (χ0n) is 8.81. The lowest BCUT2D eigenvalue weighted by molar-refractivity contribution is -0.137. The van der Waals surface area contributed by atoms with Gasteiger partial charge < -0.3 is 5.73 Å². The Kier molecular flexibility index (Phi) is 3.57. The van der Waals surface area contributed by atoms with Crippen molar-refractivity contribution in [2.75, 3.05) is 6.54 Å². The first-order chi connectivity index (χ1) is 7.33. The summed E-state index contributed by atoms with van der Waals surface area (Å²) in [6.07, 6.45) is -4.41. The van der Waals surface area contributed by atoms with Crippen molar-refractivity contribution >= 4 is 0 Å². The van der Waals surface area contributed by atoms with Crippen molar-refractivity contribution in [1.82, 2.24) is 0 Å². The van der Waals surface area contributed by atoms with Gasteiger partial charge in [-0.15, -0.1) is 0 Å². The molecule has 0 heterocycles. The molecule has 0 radical (unpaired) electrons. The second kappa shape index (κ2) is 4.41. The summed E-state index contributed by atoms with van der Waals surface area (Å²) in [4.78, 5) is 0. The molecule has 1 nitrogen and oxygen atoms in total. The van der Waals surface area contributed by atoms with Crippen LogP contribution in [0.1, 0.15) is 24.5 Å². The maximum atomic E-state index is 14.1. The van der Waals surface area contributed by atoms with Crippen molar-refractivity contribution in [2.45, 2.75) is 25.2 Å². The summed E-state index contributed by atoms with van der Waals surface area (Å²) < 4.78 is 51.3. The normalized spacial score (nSPS) is 15.9. The van der Waals surface area contributed by atoms with E-state index in [-0.39, 0.29) is 18.5 Å². The van der Waals surface area contributed by atoms with E-state index in [0.29, 0.717) is 0 Å². The summed E-state index contributed by atoms with van der Waals surface area (Å²) >= 11 is 0. The fourth-order valence-electron chi connectivity index (χ4n) is 1.44. The topological polar surface area (TPSA) is 26.0 Å². The smallest absolute Gasteiger partial charge is 0.327 e. The van der Waals surface area contributed by atoms with Gasteiger partial charge in [-0.25, -0.2) is 4.39 Å². The Morgan fingerprint density at radius 1 is 1.12 bits per heavy atom. The Morgan fingerprint density at radius 2 is 1.69 bits per heavy atom. The molecule has 1 aromatic rings. The van der Waals surface area contributed by atoms with Gasteiger partial charge in [0.2, 0.25) is 0 Å². The van der Waals surface area contributed by atoms with Gasteiger partial charge >= 0.3 is 6.18 Å². The number of rotatable bonds is 3. The van der Waals surface area contributed by atoms with Crippen molar-refractivity contribution < 1.29 is 17.6 Å². The number of hydrogen-bond acceptors (Lipinski definition) is 1. The lowest BCUT2D eigenvalue weighted by Crippen LogP contribution is -2.29. The van der Waals surface area contributed by atoms with Crippen LogP contribution in [0.4, 0.5) is 17.6 Å². The van der Waals surface area contributed by atoms with Gasteiger partial charge in [-0.05, 0) is 24.1 Å².